The third-order valence-electron chi connectivity index (χ3n) is 1.23. The minimum absolute atomic E-state index is 0.0757. The van der Waals surface area contributed by atoms with E-state index in [1.807, 2.05) is 0 Å². The summed E-state index contributed by atoms with van der Waals surface area (Å²) in [5.41, 5.74) is -0.497. The Morgan fingerprint density at radius 2 is 2.13 bits per heavy atom. The molecule has 0 bridgehead atoms. The number of aromatic nitrogens is 1. The minimum atomic E-state index is -4.88. The smallest absolute Gasteiger partial charge is 0.403 e. The largest absolute Gasteiger partial charge is 0.573 e. The molecule has 0 radical (unpaired) electrons. The van der Waals surface area contributed by atoms with Crippen LogP contribution in [0, 0.1) is 11.3 Å². The van der Waals surface area contributed by atoms with Gasteiger partial charge in [0.15, 0.2) is 11.4 Å². The summed E-state index contributed by atoms with van der Waals surface area (Å²) < 4.78 is 39.3. The number of alkyl halides is 3. The van der Waals surface area contributed by atoms with Gasteiger partial charge < -0.3 is 4.74 Å². The van der Waals surface area contributed by atoms with Gasteiger partial charge in [0.2, 0.25) is 0 Å². The number of pyridine rings is 1. The Bertz CT molecular complexity index is 429. The predicted octanol–water partition coefficient (Wildman–Crippen LogP) is 3.27. The number of hydrogen-bond donors (Lipinski definition) is 0. The van der Waals surface area contributed by atoms with E-state index in [-0.39, 0.29) is 9.63 Å². The van der Waals surface area contributed by atoms with Crippen molar-refractivity contribution < 1.29 is 17.9 Å². The normalized spacial score (nSPS) is 10.9. The zero-order chi connectivity index (χ0) is 11.6. The molecule has 1 aromatic rings. The van der Waals surface area contributed by atoms with E-state index in [0.29, 0.717) is 0 Å². The molecule has 15 heavy (non-hydrogen) atoms. The maximum atomic E-state index is 11.9. The molecule has 0 atom stereocenters. The van der Waals surface area contributed by atoms with Crippen LogP contribution < -0.4 is 4.74 Å². The van der Waals surface area contributed by atoms with E-state index in [0.717, 1.165) is 6.07 Å². The van der Waals surface area contributed by atoms with Crippen molar-refractivity contribution in [2.45, 2.75) is 6.36 Å². The first-order chi connectivity index (χ1) is 6.83. The molecule has 0 saturated heterocycles. The molecule has 0 aliphatic carbocycles. The van der Waals surface area contributed by atoms with Gasteiger partial charge in [-0.05, 0) is 15.9 Å². The fourth-order valence-electron chi connectivity index (χ4n) is 0.732. The number of halogens is 5. The van der Waals surface area contributed by atoms with Gasteiger partial charge in [-0.2, -0.15) is 5.26 Å². The highest BCUT2D eigenvalue weighted by molar-refractivity contribution is 9.10. The molecule has 8 heteroatoms. The molecule has 0 unspecified atom stereocenters. The fourth-order valence-corrected chi connectivity index (χ4v) is 1.17. The second-order valence-electron chi connectivity index (χ2n) is 2.27. The quantitative estimate of drug-likeness (QED) is 0.748. The van der Waals surface area contributed by atoms with Crippen LogP contribution in [0.1, 0.15) is 5.69 Å². The van der Waals surface area contributed by atoms with Crippen LogP contribution in [0.2, 0.25) is 5.02 Å². The third-order valence-corrected chi connectivity index (χ3v) is 2.35. The number of rotatable bonds is 1. The van der Waals surface area contributed by atoms with Crippen LogP contribution in [0.4, 0.5) is 13.2 Å². The number of ether oxygens (including phenoxy) is 1. The van der Waals surface area contributed by atoms with Crippen molar-refractivity contribution in [2.24, 2.45) is 0 Å². The van der Waals surface area contributed by atoms with Gasteiger partial charge >= 0.3 is 6.36 Å². The molecule has 0 saturated carbocycles. The lowest BCUT2D eigenvalue weighted by atomic mass is 10.3. The molecule has 0 aliphatic heterocycles. The minimum Gasteiger partial charge on any atom is -0.403 e. The topological polar surface area (TPSA) is 45.9 Å². The molecular weight excluding hydrogens is 300 g/mol. The van der Waals surface area contributed by atoms with Gasteiger partial charge in [0.25, 0.3) is 0 Å². The van der Waals surface area contributed by atoms with Crippen LogP contribution in [-0.4, -0.2) is 11.3 Å². The van der Waals surface area contributed by atoms with E-state index < -0.39 is 17.8 Å². The average molecular weight is 301 g/mol. The maximum absolute atomic E-state index is 11.9. The summed E-state index contributed by atoms with van der Waals surface area (Å²) in [6, 6.07) is 2.33. The van der Waals surface area contributed by atoms with Crippen LogP contribution in [-0.2, 0) is 0 Å². The van der Waals surface area contributed by atoms with Crippen molar-refractivity contribution >= 4 is 27.5 Å². The fraction of sp³-hybridized carbons (Fsp3) is 0.143. The second-order valence-corrected chi connectivity index (χ2v) is 3.43. The average Bonchev–Trinajstić information content (AvgIpc) is 2.08. The SMILES string of the molecule is N#Cc1nc(Br)c(Cl)cc1OC(F)(F)F. The summed E-state index contributed by atoms with van der Waals surface area (Å²) in [7, 11) is 0. The van der Waals surface area contributed by atoms with Gasteiger partial charge in [0.1, 0.15) is 10.7 Å². The highest BCUT2D eigenvalue weighted by Gasteiger charge is 2.32. The van der Waals surface area contributed by atoms with Crippen LogP contribution in [0.5, 0.6) is 5.75 Å². The van der Waals surface area contributed by atoms with Crippen molar-refractivity contribution in [1.82, 2.24) is 4.98 Å². The summed E-state index contributed by atoms with van der Waals surface area (Å²) in [4.78, 5) is 3.47. The Morgan fingerprint density at radius 1 is 1.53 bits per heavy atom. The molecule has 0 fully saturated rings. The lowest BCUT2D eigenvalue weighted by Gasteiger charge is -2.10. The predicted molar refractivity (Wildman–Crippen MR) is 48.3 cm³/mol. The van der Waals surface area contributed by atoms with Crippen molar-refractivity contribution in [1.29, 1.82) is 5.26 Å². The lowest BCUT2D eigenvalue weighted by molar-refractivity contribution is -0.274. The van der Waals surface area contributed by atoms with Crippen LogP contribution in [0.3, 0.4) is 0 Å². The molecule has 0 aromatic carbocycles. The van der Waals surface area contributed by atoms with Crippen molar-refractivity contribution in [3.63, 3.8) is 0 Å². The first-order valence-corrected chi connectivity index (χ1v) is 4.52. The summed E-state index contributed by atoms with van der Waals surface area (Å²) in [5, 5.41) is 8.43. The van der Waals surface area contributed by atoms with Gasteiger partial charge in [-0.1, -0.05) is 11.6 Å². The molecule has 80 valence electrons. The third kappa shape index (κ3) is 3.25. The first kappa shape index (κ1) is 12.1. The van der Waals surface area contributed by atoms with Crippen LogP contribution in [0.15, 0.2) is 10.7 Å². The van der Waals surface area contributed by atoms with Crippen molar-refractivity contribution in [3.05, 3.63) is 21.4 Å². The molecule has 1 heterocycles. The number of nitrogens with zero attached hydrogens (tertiary/aromatic N) is 2. The molecule has 1 aromatic heterocycles. The zero-order valence-electron chi connectivity index (χ0n) is 6.77. The number of nitriles is 1. The Balaban J connectivity index is 3.18. The Kier molecular flexibility index (Phi) is 3.42. The van der Waals surface area contributed by atoms with E-state index in [1.54, 1.807) is 0 Å². The molecule has 1 rings (SSSR count). The van der Waals surface area contributed by atoms with Crippen molar-refractivity contribution in [2.75, 3.05) is 0 Å². The van der Waals surface area contributed by atoms with Crippen LogP contribution in [0.25, 0.3) is 0 Å². The van der Waals surface area contributed by atoms with E-state index >= 15 is 0 Å². The molecule has 0 amide bonds. The lowest BCUT2D eigenvalue weighted by Crippen LogP contribution is -2.18. The molecular formula is C7HBrClF3N2O. The summed E-state index contributed by atoms with van der Waals surface area (Å²) in [6.45, 7) is 0. The van der Waals surface area contributed by atoms with E-state index in [9.17, 15) is 13.2 Å². The summed E-state index contributed by atoms with van der Waals surface area (Å²) in [6.07, 6.45) is -4.88. The standard InChI is InChI=1S/C7HBrClF3N2O/c8-6-3(9)1-5(4(2-13)14-6)15-7(10,11)12/h1H. The Labute approximate surface area is 95.6 Å². The van der Waals surface area contributed by atoms with Crippen molar-refractivity contribution in [3.8, 4) is 11.8 Å². The molecule has 0 N–H and O–H groups in total. The molecule has 3 nitrogen and oxygen atoms in total. The Morgan fingerprint density at radius 3 is 2.60 bits per heavy atom. The van der Waals surface area contributed by atoms with E-state index in [1.165, 1.54) is 6.07 Å². The van der Waals surface area contributed by atoms with Crippen LogP contribution >= 0.6 is 27.5 Å². The van der Waals surface area contributed by atoms with Gasteiger partial charge in [0.05, 0.1) is 5.02 Å². The Hall–Kier alpha value is -1.00. The zero-order valence-corrected chi connectivity index (χ0v) is 9.11. The highest BCUT2D eigenvalue weighted by atomic mass is 79.9. The summed E-state index contributed by atoms with van der Waals surface area (Å²) in [5.74, 6) is -0.724. The van der Waals surface area contributed by atoms with Gasteiger partial charge in [0, 0.05) is 6.07 Å². The monoisotopic (exact) mass is 300 g/mol. The van der Waals surface area contributed by atoms with Gasteiger partial charge in [-0.25, -0.2) is 4.98 Å². The second kappa shape index (κ2) is 4.24. The maximum Gasteiger partial charge on any atom is 0.573 e. The summed E-state index contributed by atoms with van der Waals surface area (Å²) >= 11 is 8.38. The van der Waals surface area contributed by atoms with E-state index in [2.05, 4.69) is 25.7 Å². The first-order valence-electron chi connectivity index (χ1n) is 3.35. The molecule has 0 aliphatic rings. The number of hydrogen-bond acceptors (Lipinski definition) is 3. The van der Waals surface area contributed by atoms with Gasteiger partial charge in [-0.15, -0.1) is 13.2 Å². The highest BCUT2D eigenvalue weighted by Crippen LogP contribution is 2.31. The van der Waals surface area contributed by atoms with Gasteiger partial charge in [-0.3, -0.25) is 0 Å². The van der Waals surface area contributed by atoms with E-state index in [4.69, 9.17) is 16.9 Å². The molecule has 0 spiro atoms.